The number of thioether (sulfide) groups is 1. The molecule has 0 N–H and O–H groups in total. The number of amides is 3. The van der Waals surface area contributed by atoms with Crippen LogP contribution in [0.5, 0.6) is 0 Å². The number of pyridine rings is 1. The molecule has 0 radical (unpaired) electrons. The molecule has 3 aliphatic rings. The number of carbonyl (C=O) groups is 2. The number of likely N-dealkylation sites (tertiary alicyclic amines) is 1. The lowest BCUT2D eigenvalue weighted by atomic mass is 9.85. The second-order valence-electron chi connectivity index (χ2n) is 7.32. The molecule has 1 spiro atoms. The van der Waals surface area contributed by atoms with Crippen molar-refractivity contribution in [1.82, 2.24) is 19.7 Å². The highest BCUT2D eigenvalue weighted by Gasteiger charge is 2.57. The lowest BCUT2D eigenvalue weighted by molar-refractivity contribution is -0.136. The summed E-state index contributed by atoms with van der Waals surface area (Å²) in [4.78, 5) is 36.3. The topological polar surface area (TPSA) is 56.8 Å². The van der Waals surface area contributed by atoms with Gasteiger partial charge < -0.3 is 4.90 Å². The zero-order valence-electron chi connectivity index (χ0n) is 15.3. The van der Waals surface area contributed by atoms with Gasteiger partial charge in [-0.2, -0.15) is 11.8 Å². The fraction of sp³-hybridized carbons (Fsp3) is 0.632. The number of piperidine rings is 1. The fourth-order valence-corrected chi connectivity index (χ4v) is 5.82. The third kappa shape index (κ3) is 2.91. The van der Waals surface area contributed by atoms with Crippen LogP contribution in [-0.4, -0.2) is 74.3 Å². The smallest absolute Gasteiger partial charge is 0.310 e. The van der Waals surface area contributed by atoms with Gasteiger partial charge in [0.05, 0.1) is 12.2 Å². The summed E-state index contributed by atoms with van der Waals surface area (Å²) < 4.78 is 0. The molecule has 1 atom stereocenters. The molecule has 1 aromatic rings. The van der Waals surface area contributed by atoms with Crippen LogP contribution >= 0.6 is 11.8 Å². The number of aromatic nitrogens is 1. The first kappa shape index (κ1) is 17.8. The van der Waals surface area contributed by atoms with E-state index in [9.17, 15) is 9.59 Å². The van der Waals surface area contributed by atoms with E-state index in [0.29, 0.717) is 12.6 Å². The van der Waals surface area contributed by atoms with Crippen LogP contribution < -0.4 is 0 Å². The normalized spacial score (nSPS) is 26.3. The summed E-state index contributed by atoms with van der Waals surface area (Å²) in [5.74, 6) is 2.40. The molecular weight excluding hydrogens is 348 g/mol. The fourth-order valence-electron chi connectivity index (χ4n) is 4.57. The van der Waals surface area contributed by atoms with Crippen molar-refractivity contribution in [2.75, 3.05) is 31.1 Å². The van der Waals surface area contributed by atoms with Gasteiger partial charge in [-0.25, -0.2) is 4.79 Å². The molecule has 1 aromatic heterocycles. The van der Waals surface area contributed by atoms with E-state index in [1.807, 2.05) is 36.9 Å². The highest BCUT2D eigenvalue weighted by Crippen LogP contribution is 2.39. The summed E-state index contributed by atoms with van der Waals surface area (Å²) in [6.45, 7) is 4.61. The van der Waals surface area contributed by atoms with Gasteiger partial charge in [0.25, 0.3) is 5.91 Å². The first-order valence-electron chi connectivity index (χ1n) is 9.51. The van der Waals surface area contributed by atoms with Gasteiger partial charge in [0.15, 0.2) is 0 Å². The summed E-state index contributed by atoms with van der Waals surface area (Å²) in [6, 6.07) is 6.08. The standard InChI is InChI=1S/C19H26N4O2S/c1-2-23-18(25)22(13-15-5-3-4-9-20-15)17(24)19(23)7-10-21(11-8-19)16-6-12-26-14-16/h3-5,9,16H,2,6-8,10-14H2,1H3. The van der Waals surface area contributed by atoms with E-state index in [2.05, 4.69) is 9.88 Å². The van der Waals surface area contributed by atoms with Crippen molar-refractivity contribution < 1.29 is 9.59 Å². The van der Waals surface area contributed by atoms with E-state index in [4.69, 9.17) is 0 Å². The first-order chi connectivity index (χ1) is 12.7. The Morgan fingerprint density at radius 3 is 2.69 bits per heavy atom. The molecule has 3 saturated heterocycles. The summed E-state index contributed by atoms with van der Waals surface area (Å²) in [7, 11) is 0. The molecular formula is C19H26N4O2S. The number of hydrogen-bond acceptors (Lipinski definition) is 5. The molecule has 0 aromatic carbocycles. The van der Waals surface area contributed by atoms with Gasteiger partial charge >= 0.3 is 6.03 Å². The number of nitrogens with zero attached hydrogens (tertiary/aromatic N) is 4. The van der Waals surface area contributed by atoms with Crippen LogP contribution in [0, 0.1) is 0 Å². The maximum atomic E-state index is 13.3. The van der Waals surface area contributed by atoms with Gasteiger partial charge in [0.1, 0.15) is 5.54 Å². The molecule has 7 heteroatoms. The Balaban J connectivity index is 1.52. The van der Waals surface area contributed by atoms with E-state index in [0.717, 1.165) is 31.6 Å². The van der Waals surface area contributed by atoms with Crippen molar-refractivity contribution >= 4 is 23.7 Å². The van der Waals surface area contributed by atoms with E-state index in [1.54, 1.807) is 11.1 Å². The third-order valence-electron chi connectivity index (χ3n) is 6.03. The minimum absolute atomic E-state index is 0.0320. The molecule has 3 aliphatic heterocycles. The molecule has 1 unspecified atom stereocenters. The molecule has 3 amide bonds. The number of urea groups is 1. The van der Waals surface area contributed by atoms with Crippen molar-refractivity contribution in [2.24, 2.45) is 0 Å². The van der Waals surface area contributed by atoms with E-state index in [-0.39, 0.29) is 18.5 Å². The molecule has 6 nitrogen and oxygen atoms in total. The van der Waals surface area contributed by atoms with Crippen LogP contribution in [0.4, 0.5) is 4.79 Å². The molecule has 0 bridgehead atoms. The Bertz CT molecular complexity index is 669. The first-order valence-corrected chi connectivity index (χ1v) is 10.7. The van der Waals surface area contributed by atoms with Crippen molar-refractivity contribution in [3.8, 4) is 0 Å². The Morgan fingerprint density at radius 2 is 2.08 bits per heavy atom. The van der Waals surface area contributed by atoms with Gasteiger partial charge in [-0.05, 0) is 44.1 Å². The monoisotopic (exact) mass is 374 g/mol. The minimum Gasteiger partial charge on any atom is -0.310 e. The lowest BCUT2D eigenvalue weighted by Crippen LogP contribution is -2.57. The lowest BCUT2D eigenvalue weighted by Gasteiger charge is -2.43. The van der Waals surface area contributed by atoms with Crippen LogP contribution in [0.3, 0.4) is 0 Å². The van der Waals surface area contributed by atoms with Gasteiger partial charge in [-0.15, -0.1) is 0 Å². The molecule has 140 valence electrons. The van der Waals surface area contributed by atoms with Crippen LogP contribution in [0.2, 0.25) is 0 Å². The number of hydrogen-bond donors (Lipinski definition) is 0. The predicted molar refractivity (Wildman–Crippen MR) is 102 cm³/mol. The minimum atomic E-state index is -0.650. The summed E-state index contributed by atoms with van der Waals surface area (Å²) in [5, 5.41) is 0. The number of rotatable bonds is 4. The summed E-state index contributed by atoms with van der Waals surface area (Å²) in [6.07, 6.45) is 4.43. The average Bonchev–Trinajstić information content (AvgIpc) is 3.27. The molecule has 4 rings (SSSR count). The largest absolute Gasteiger partial charge is 0.328 e. The Kier molecular flexibility index (Phi) is 4.92. The maximum absolute atomic E-state index is 13.3. The van der Waals surface area contributed by atoms with E-state index < -0.39 is 5.54 Å². The van der Waals surface area contributed by atoms with Crippen molar-refractivity contribution in [3.05, 3.63) is 30.1 Å². The van der Waals surface area contributed by atoms with Crippen LogP contribution in [0.15, 0.2) is 24.4 Å². The Morgan fingerprint density at radius 1 is 1.27 bits per heavy atom. The zero-order chi connectivity index (χ0) is 18.1. The van der Waals surface area contributed by atoms with Gasteiger partial charge in [0, 0.05) is 37.6 Å². The molecule has 26 heavy (non-hydrogen) atoms. The maximum Gasteiger partial charge on any atom is 0.328 e. The molecule has 0 aliphatic carbocycles. The number of likely N-dealkylation sites (N-methyl/N-ethyl adjacent to an activating group) is 1. The third-order valence-corrected chi connectivity index (χ3v) is 7.18. The van der Waals surface area contributed by atoms with Crippen molar-refractivity contribution in [2.45, 2.75) is 44.3 Å². The quantitative estimate of drug-likeness (QED) is 0.757. The van der Waals surface area contributed by atoms with Gasteiger partial charge in [-0.1, -0.05) is 6.07 Å². The molecule has 4 heterocycles. The molecule has 0 saturated carbocycles. The summed E-state index contributed by atoms with van der Waals surface area (Å²) in [5.41, 5.74) is 0.103. The van der Waals surface area contributed by atoms with Crippen LogP contribution in [0.25, 0.3) is 0 Å². The van der Waals surface area contributed by atoms with Gasteiger partial charge in [-0.3, -0.25) is 19.6 Å². The van der Waals surface area contributed by atoms with Crippen LogP contribution in [0.1, 0.15) is 31.9 Å². The van der Waals surface area contributed by atoms with Crippen LogP contribution in [-0.2, 0) is 11.3 Å². The zero-order valence-corrected chi connectivity index (χ0v) is 16.1. The van der Waals surface area contributed by atoms with E-state index >= 15 is 0 Å². The Hall–Kier alpha value is -1.60. The number of imide groups is 1. The summed E-state index contributed by atoms with van der Waals surface area (Å²) >= 11 is 2.02. The van der Waals surface area contributed by atoms with E-state index in [1.165, 1.54) is 22.8 Å². The second kappa shape index (κ2) is 7.19. The van der Waals surface area contributed by atoms with Crippen molar-refractivity contribution in [3.63, 3.8) is 0 Å². The van der Waals surface area contributed by atoms with Gasteiger partial charge in [0.2, 0.25) is 0 Å². The average molecular weight is 375 g/mol. The highest BCUT2D eigenvalue weighted by molar-refractivity contribution is 7.99. The SMILES string of the molecule is CCN1C(=O)N(Cc2ccccn2)C(=O)C12CCN(C1CCSC1)CC2. The predicted octanol–water partition coefficient (Wildman–Crippen LogP) is 2.21. The molecule has 3 fully saturated rings. The number of carbonyl (C=O) groups excluding carboxylic acids is 2. The van der Waals surface area contributed by atoms with Crippen molar-refractivity contribution in [1.29, 1.82) is 0 Å². The highest BCUT2D eigenvalue weighted by atomic mass is 32.2. The second-order valence-corrected chi connectivity index (χ2v) is 8.47. The Labute approximate surface area is 158 Å².